The van der Waals surface area contributed by atoms with Gasteiger partial charge in [0.05, 0.1) is 12.5 Å². The largest absolute Gasteiger partial charge is 0.325 e. The van der Waals surface area contributed by atoms with Crippen LogP contribution in [0.25, 0.3) is 0 Å². The molecule has 1 aliphatic rings. The van der Waals surface area contributed by atoms with Gasteiger partial charge in [-0.25, -0.2) is 4.79 Å². The molecule has 0 radical (unpaired) electrons. The Morgan fingerprint density at radius 1 is 1.16 bits per heavy atom. The maximum atomic E-state index is 13.2. The van der Waals surface area contributed by atoms with Crippen LogP contribution < -0.4 is 10.2 Å². The summed E-state index contributed by atoms with van der Waals surface area (Å²) in [5.74, 6) is -1.07. The number of carbonyl (C=O) groups excluding carboxylic acids is 3. The van der Waals surface area contributed by atoms with E-state index in [9.17, 15) is 14.4 Å². The van der Waals surface area contributed by atoms with E-state index < -0.39 is 29.9 Å². The van der Waals surface area contributed by atoms with Crippen molar-refractivity contribution in [2.24, 2.45) is 0 Å². The van der Waals surface area contributed by atoms with Gasteiger partial charge in [0, 0.05) is 27.8 Å². The highest BCUT2D eigenvalue weighted by Crippen LogP contribution is 2.35. The lowest BCUT2D eigenvalue weighted by Crippen LogP contribution is -2.45. The Kier molecular flexibility index (Phi) is 6.77. The zero-order chi connectivity index (χ0) is 23.6. The molecular formula is C23H22Cl2N4O3. The lowest BCUT2D eigenvalue weighted by atomic mass is 9.92. The van der Waals surface area contributed by atoms with E-state index in [1.165, 1.54) is 17.9 Å². The first-order valence-corrected chi connectivity index (χ1v) is 10.7. The highest BCUT2D eigenvalue weighted by Gasteiger charge is 2.50. The molecule has 1 unspecified atom stereocenters. The van der Waals surface area contributed by atoms with Gasteiger partial charge in [0.25, 0.3) is 5.91 Å². The van der Waals surface area contributed by atoms with E-state index in [4.69, 9.17) is 28.5 Å². The number of rotatable bonds is 6. The molecule has 4 amide bonds. The van der Waals surface area contributed by atoms with Crippen molar-refractivity contribution in [1.29, 1.82) is 5.26 Å². The summed E-state index contributed by atoms with van der Waals surface area (Å²) in [7, 11) is 0. The standard InChI is InChI=1S/C23H22Cl2N4O3/c1-14-9-15(2)11-17(10-14)28(8-4-7-26)20(30)13-29-21(31)23(3,27-22(29)32)18-6-5-16(24)12-19(18)25/h5-6,9-12H,4,8,13H2,1-3H3,(H,27,32). The van der Waals surface area contributed by atoms with Gasteiger partial charge in [0.15, 0.2) is 0 Å². The second kappa shape index (κ2) is 9.19. The van der Waals surface area contributed by atoms with Crippen molar-refractivity contribution >= 4 is 46.7 Å². The van der Waals surface area contributed by atoms with Crippen LogP contribution in [0, 0.1) is 25.2 Å². The second-order valence-electron chi connectivity index (χ2n) is 7.87. The van der Waals surface area contributed by atoms with Gasteiger partial charge in [-0.05, 0) is 56.2 Å². The summed E-state index contributed by atoms with van der Waals surface area (Å²) < 4.78 is 0. The van der Waals surface area contributed by atoms with Crippen molar-refractivity contribution in [1.82, 2.24) is 10.2 Å². The molecule has 0 aromatic heterocycles. The molecule has 1 aliphatic heterocycles. The van der Waals surface area contributed by atoms with Crippen LogP contribution in [0.2, 0.25) is 10.0 Å². The van der Waals surface area contributed by atoms with Crippen LogP contribution in [0.15, 0.2) is 36.4 Å². The average molecular weight is 473 g/mol. The molecule has 7 nitrogen and oxygen atoms in total. The van der Waals surface area contributed by atoms with Crippen LogP contribution in [0.4, 0.5) is 10.5 Å². The maximum Gasteiger partial charge on any atom is 0.325 e. The van der Waals surface area contributed by atoms with Crippen molar-refractivity contribution in [2.45, 2.75) is 32.7 Å². The highest BCUT2D eigenvalue weighted by molar-refractivity contribution is 6.35. The maximum absolute atomic E-state index is 13.2. The first kappa shape index (κ1) is 23.6. The Morgan fingerprint density at radius 2 is 1.81 bits per heavy atom. The molecule has 3 rings (SSSR count). The number of hydrogen-bond acceptors (Lipinski definition) is 4. The van der Waals surface area contributed by atoms with Gasteiger partial charge in [-0.1, -0.05) is 35.3 Å². The van der Waals surface area contributed by atoms with Gasteiger partial charge in [-0.2, -0.15) is 5.26 Å². The van der Waals surface area contributed by atoms with E-state index in [0.29, 0.717) is 16.3 Å². The summed E-state index contributed by atoms with van der Waals surface area (Å²) in [4.78, 5) is 41.4. The lowest BCUT2D eigenvalue weighted by Gasteiger charge is -2.26. The van der Waals surface area contributed by atoms with Crippen molar-refractivity contribution < 1.29 is 14.4 Å². The summed E-state index contributed by atoms with van der Waals surface area (Å²) in [5, 5.41) is 12.3. The molecule has 1 saturated heterocycles. The van der Waals surface area contributed by atoms with Gasteiger partial charge < -0.3 is 10.2 Å². The molecule has 0 aliphatic carbocycles. The van der Waals surface area contributed by atoms with E-state index in [2.05, 4.69) is 5.32 Å². The van der Waals surface area contributed by atoms with Crippen LogP contribution >= 0.6 is 23.2 Å². The van der Waals surface area contributed by atoms with Crippen LogP contribution in [-0.4, -0.2) is 35.8 Å². The zero-order valence-electron chi connectivity index (χ0n) is 17.9. The number of aryl methyl sites for hydroxylation is 2. The van der Waals surface area contributed by atoms with E-state index in [0.717, 1.165) is 16.0 Å². The molecule has 0 spiro atoms. The lowest BCUT2D eigenvalue weighted by molar-refractivity contribution is -0.134. The average Bonchev–Trinajstić information content (AvgIpc) is 2.91. The Bertz CT molecular complexity index is 1120. The smallest absolute Gasteiger partial charge is 0.319 e. The number of hydrogen-bond donors (Lipinski definition) is 1. The van der Waals surface area contributed by atoms with E-state index in [1.54, 1.807) is 12.1 Å². The zero-order valence-corrected chi connectivity index (χ0v) is 19.4. The van der Waals surface area contributed by atoms with Crippen molar-refractivity contribution in [3.05, 3.63) is 63.1 Å². The third-order valence-corrected chi connectivity index (χ3v) is 5.85. The fourth-order valence-electron chi connectivity index (χ4n) is 3.80. The first-order valence-electron chi connectivity index (χ1n) is 9.92. The fraction of sp³-hybridized carbons (Fsp3) is 0.304. The molecule has 32 heavy (non-hydrogen) atoms. The number of halogens is 2. The summed E-state index contributed by atoms with van der Waals surface area (Å²) in [6, 6.07) is 11.6. The van der Waals surface area contributed by atoms with Gasteiger partial charge >= 0.3 is 6.03 Å². The summed E-state index contributed by atoms with van der Waals surface area (Å²) in [5.41, 5.74) is 1.46. The molecule has 166 valence electrons. The summed E-state index contributed by atoms with van der Waals surface area (Å²) in [6.45, 7) is 5.01. The van der Waals surface area contributed by atoms with Crippen molar-refractivity contribution in [3.8, 4) is 6.07 Å². The minimum atomic E-state index is -1.43. The fourth-order valence-corrected chi connectivity index (χ4v) is 4.40. The van der Waals surface area contributed by atoms with E-state index in [-0.39, 0.29) is 18.0 Å². The van der Waals surface area contributed by atoms with Crippen molar-refractivity contribution in [2.75, 3.05) is 18.0 Å². The molecule has 0 saturated carbocycles. The Labute approximate surface area is 196 Å². The van der Waals surface area contributed by atoms with E-state index in [1.807, 2.05) is 38.1 Å². The molecule has 1 atom stereocenters. The third-order valence-electron chi connectivity index (χ3n) is 5.30. The number of urea groups is 1. The molecule has 9 heteroatoms. The molecule has 1 fully saturated rings. The Hall–Kier alpha value is -3.08. The minimum absolute atomic E-state index is 0.108. The summed E-state index contributed by atoms with van der Waals surface area (Å²) in [6.07, 6.45) is 0.108. The first-order chi connectivity index (χ1) is 15.1. The quantitative estimate of drug-likeness (QED) is 0.633. The number of carbonyl (C=O) groups is 3. The molecule has 1 heterocycles. The molecule has 0 bridgehead atoms. The molecular weight excluding hydrogens is 451 g/mol. The monoisotopic (exact) mass is 472 g/mol. The van der Waals surface area contributed by atoms with Gasteiger partial charge in [0.1, 0.15) is 12.1 Å². The Balaban J connectivity index is 1.88. The van der Waals surface area contributed by atoms with Crippen LogP contribution in [-0.2, 0) is 15.1 Å². The van der Waals surface area contributed by atoms with Crippen molar-refractivity contribution in [3.63, 3.8) is 0 Å². The SMILES string of the molecule is Cc1cc(C)cc(N(CCC#N)C(=O)CN2C(=O)NC(C)(c3ccc(Cl)cc3Cl)C2=O)c1. The topological polar surface area (TPSA) is 93.5 Å². The van der Waals surface area contributed by atoms with Gasteiger partial charge in [0.2, 0.25) is 5.91 Å². The predicted molar refractivity (Wildman–Crippen MR) is 123 cm³/mol. The molecule has 2 aromatic carbocycles. The number of amides is 4. The highest BCUT2D eigenvalue weighted by atomic mass is 35.5. The number of anilines is 1. The molecule has 2 aromatic rings. The Morgan fingerprint density at radius 3 is 2.41 bits per heavy atom. The number of benzene rings is 2. The van der Waals surface area contributed by atoms with Gasteiger partial charge in [-0.15, -0.1) is 0 Å². The summed E-state index contributed by atoms with van der Waals surface area (Å²) >= 11 is 12.2. The van der Waals surface area contributed by atoms with E-state index >= 15 is 0 Å². The van der Waals surface area contributed by atoms with Crippen LogP contribution in [0.1, 0.15) is 30.0 Å². The number of nitrogens with one attached hydrogen (secondary N) is 1. The molecule has 1 N–H and O–H groups in total. The number of imide groups is 1. The predicted octanol–water partition coefficient (Wildman–Crippen LogP) is 4.32. The third kappa shape index (κ3) is 4.57. The second-order valence-corrected chi connectivity index (χ2v) is 8.71. The number of nitrogens with zero attached hydrogens (tertiary/aromatic N) is 3. The van der Waals surface area contributed by atoms with Gasteiger partial charge in [-0.3, -0.25) is 14.5 Å². The van der Waals surface area contributed by atoms with Crippen LogP contribution in [0.3, 0.4) is 0 Å². The number of nitriles is 1. The minimum Gasteiger partial charge on any atom is -0.319 e. The normalized spacial score (nSPS) is 17.8. The van der Waals surface area contributed by atoms with Crippen LogP contribution in [0.5, 0.6) is 0 Å².